The summed E-state index contributed by atoms with van der Waals surface area (Å²) in [7, 11) is 1.45. The van der Waals surface area contributed by atoms with E-state index in [1.54, 1.807) is 0 Å². The lowest BCUT2D eigenvalue weighted by molar-refractivity contribution is -0.149. The molecule has 2 heterocycles. The van der Waals surface area contributed by atoms with Gasteiger partial charge in [-0.2, -0.15) is 0 Å². The Morgan fingerprint density at radius 1 is 1.33 bits per heavy atom. The number of nitrogens with two attached hydrogens (primary N) is 1. The number of fused-ring (bicyclic) bond motifs is 1. The van der Waals surface area contributed by atoms with Crippen LogP contribution in [0, 0.1) is 5.92 Å². The molecule has 2 aliphatic rings. The highest BCUT2D eigenvalue weighted by Crippen LogP contribution is 2.29. The lowest BCUT2D eigenvalue weighted by Gasteiger charge is -2.45. The van der Waals surface area contributed by atoms with Crippen molar-refractivity contribution < 1.29 is 9.53 Å². The maximum atomic E-state index is 11.5. The Bertz CT molecular complexity index is 245. The Morgan fingerprint density at radius 3 is 2.87 bits per heavy atom. The van der Waals surface area contributed by atoms with Crippen LogP contribution in [0.1, 0.15) is 25.7 Å². The van der Waals surface area contributed by atoms with E-state index in [1.165, 1.54) is 20.0 Å². The fraction of sp³-hybridized carbons (Fsp3) is 0.909. The van der Waals surface area contributed by atoms with Crippen LogP contribution in [0.2, 0.25) is 0 Å². The molecular formula is C11H20N2O2. The van der Waals surface area contributed by atoms with Crippen molar-refractivity contribution in [2.45, 2.75) is 37.8 Å². The van der Waals surface area contributed by atoms with Gasteiger partial charge in [-0.25, -0.2) is 0 Å². The third-order valence-corrected chi connectivity index (χ3v) is 3.80. The van der Waals surface area contributed by atoms with Gasteiger partial charge in [-0.1, -0.05) is 6.42 Å². The van der Waals surface area contributed by atoms with Gasteiger partial charge >= 0.3 is 5.97 Å². The minimum absolute atomic E-state index is 0.0356. The second-order valence-electron chi connectivity index (χ2n) is 4.59. The fourth-order valence-electron chi connectivity index (χ4n) is 2.92. The first kappa shape index (κ1) is 10.9. The van der Waals surface area contributed by atoms with Gasteiger partial charge in [-0.15, -0.1) is 0 Å². The van der Waals surface area contributed by atoms with Crippen molar-refractivity contribution >= 4 is 5.97 Å². The third kappa shape index (κ3) is 2.01. The van der Waals surface area contributed by atoms with Gasteiger partial charge in [-0.3, -0.25) is 9.69 Å². The van der Waals surface area contributed by atoms with Crippen LogP contribution in [0.4, 0.5) is 0 Å². The summed E-state index contributed by atoms with van der Waals surface area (Å²) >= 11 is 0. The molecule has 0 aliphatic carbocycles. The molecule has 2 fully saturated rings. The zero-order chi connectivity index (χ0) is 10.8. The normalized spacial score (nSPS) is 37.1. The molecule has 4 heteroatoms. The summed E-state index contributed by atoms with van der Waals surface area (Å²) in [5.74, 6) is -0.220. The molecule has 0 aromatic heterocycles. The molecule has 0 spiro atoms. The molecule has 3 atom stereocenters. The van der Waals surface area contributed by atoms with Gasteiger partial charge in [0.1, 0.15) is 0 Å². The van der Waals surface area contributed by atoms with Gasteiger partial charge in [0.05, 0.1) is 13.0 Å². The molecule has 2 N–H and O–H groups in total. The van der Waals surface area contributed by atoms with Crippen molar-refractivity contribution in [3.63, 3.8) is 0 Å². The number of ether oxygens (including phenoxy) is 1. The standard InChI is InChI=1S/C11H20N2O2/c1-15-11(14)8-5-7-13-6-3-2-4-9(13)10(8)12/h8-10H,2-7,12H2,1H3. The van der Waals surface area contributed by atoms with Crippen LogP contribution in [0.5, 0.6) is 0 Å². The quantitative estimate of drug-likeness (QED) is 0.638. The molecule has 0 saturated carbocycles. The molecule has 2 saturated heterocycles. The number of carbonyl (C=O) groups is 1. The van der Waals surface area contributed by atoms with Crippen LogP contribution in [0.15, 0.2) is 0 Å². The summed E-state index contributed by atoms with van der Waals surface area (Å²) in [6, 6.07) is 0.364. The fourth-order valence-corrected chi connectivity index (χ4v) is 2.92. The monoisotopic (exact) mass is 212 g/mol. The average Bonchev–Trinajstić information content (AvgIpc) is 2.29. The summed E-state index contributed by atoms with van der Waals surface area (Å²) in [5, 5.41) is 0. The number of carbonyl (C=O) groups excluding carboxylic acids is 1. The van der Waals surface area contributed by atoms with Gasteiger partial charge in [0.25, 0.3) is 0 Å². The summed E-state index contributed by atoms with van der Waals surface area (Å²) < 4.78 is 4.80. The molecule has 4 nitrogen and oxygen atoms in total. The predicted molar refractivity (Wildman–Crippen MR) is 57.3 cm³/mol. The van der Waals surface area contributed by atoms with E-state index in [0.717, 1.165) is 25.9 Å². The Hall–Kier alpha value is -0.610. The molecule has 15 heavy (non-hydrogen) atoms. The Kier molecular flexibility index (Phi) is 3.26. The highest BCUT2D eigenvalue weighted by Gasteiger charge is 2.40. The summed E-state index contributed by atoms with van der Waals surface area (Å²) in [5.41, 5.74) is 6.17. The first-order valence-corrected chi connectivity index (χ1v) is 5.81. The van der Waals surface area contributed by atoms with Crippen LogP contribution >= 0.6 is 0 Å². The van der Waals surface area contributed by atoms with Crippen LogP contribution in [0.3, 0.4) is 0 Å². The van der Waals surface area contributed by atoms with Gasteiger partial charge in [0.15, 0.2) is 0 Å². The summed E-state index contributed by atoms with van der Waals surface area (Å²) in [6.45, 7) is 2.14. The van der Waals surface area contributed by atoms with E-state index in [4.69, 9.17) is 10.5 Å². The first-order valence-electron chi connectivity index (χ1n) is 5.81. The van der Waals surface area contributed by atoms with Crippen LogP contribution < -0.4 is 5.73 Å². The van der Waals surface area contributed by atoms with E-state index in [0.29, 0.717) is 6.04 Å². The number of hydrogen-bond acceptors (Lipinski definition) is 4. The van der Waals surface area contributed by atoms with Crippen LogP contribution in [0.25, 0.3) is 0 Å². The third-order valence-electron chi connectivity index (χ3n) is 3.80. The molecule has 2 rings (SSSR count). The van der Waals surface area contributed by atoms with E-state index in [1.807, 2.05) is 0 Å². The van der Waals surface area contributed by atoms with Crippen molar-refractivity contribution in [2.24, 2.45) is 11.7 Å². The zero-order valence-electron chi connectivity index (χ0n) is 9.32. The zero-order valence-corrected chi connectivity index (χ0v) is 9.32. The largest absolute Gasteiger partial charge is 0.469 e. The highest BCUT2D eigenvalue weighted by atomic mass is 16.5. The molecule has 0 aromatic carbocycles. The minimum Gasteiger partial charge on any atom is -0.469 e. The summed E-state index contributed by atoms with van der Waals surface area (Å²) in [6.07, 6.45) is 4.49. The lowest BCUT2D eigenvalue weighted by atomic mass is 9.82. The molecule has 0 radical (unpaired) electrons. The molecule has 0 amide bonds. The van der Waals surface area contributed by atoms with Crippen molar-refractivity contribution in [1.82, 2.24) is 4.90 Å². The number of hydrogen-bond donors (Lipinski definition) is 1. The number of nitrogens with zero attached hydrogens (tertiary/aromatic N) is 1. The molecular weight excluding hydrogens is 192 g/mol. The van der Waals surface area contributed by atoms with E-state index < -0.39 is 0 Å². The number of rotatable bonds is 1. The average molecular weight is 212 g/mol. The van der Waals surface area contributed by atoms with Crippen LogP contribution in [-0.2, 0) is 9.53 Å². The number of piperidine rings is 2. The smallest absolute Gasteiger partial charge is 0.310 e. The van der Waals surface area contributed by atoms with Crippen molar-refractivity contribution in [1.29, 1.82) is 0 Å². The molecule has 2 aliphatic heterocycles. The Balaban J connectivity index is 2.04. The van der Waals surface area contributed by atoms with E-state index >= 15 is 0 Å². The SMILES string of the molecule is COC(=O)C1CCN2CCCCC2C1N. The second-order valence-corrected chi connectivity index (χ2v) is 4.59. The number of esters is 1. The molecule has 0 bridgehead atoms. The summed E-state index contributed by atoms with van der Waals surface area (Å²) in [4.78, 5) is 14.0. The van der Waals surface area contributed by atoms with Crippen molar-refractivity contribution in [2.75, 3.05) is 20.2 Å². The van der Waals surface area contributed by atoms with Gasteiger partial charge in [0, 0.05) is 12.1 Å². The highest BCUT2D eigenvalue weighted by molar-refractivity contribution is 5.73. The van der Waals surface area contributed by atoms with E-state index in [9.17, 15) is 4.79 Å². The molecule has 3 unspecified atom stereocenters. The first-order chi connectivity index (χ1) is 7.24. The topological polar surface area (TPSA) is 55.6 Å². The second kappa shape index (κ2) is 4.49. The Labute approximate surface area is 90.8 Å². The van der Waals surface area contributed by atoms with E-state index in [-0.39, 0.29) is 17.9 Å². The molecule has 0 aromatic rings. The van der Waals surface area contributed by atoms with Gasteiger partial charge in [-0.05, 0) is 32.4 Å². The maximum absolute atomic E-state index is 11.5. The maximum Gasteiger partial charge on any atom is 0.310 e. The minimum atomic E-state index is -0.132. The lowest BCUT2D eigenvalue weighted by Crippen LogP contribution is -2.59. The van der Waals surface area contributed by atoms with Crippen LogP contribution in [-0.4, -0.2) is 43.2 Å². The predicted octanol–water partition coefficient (Wildman–Crippen LogP) is 0.361. The molecule has 86 valence electrons. The number of methoxy groups -OCH3 is 1. The Morgan fingerprint density at radius 2 is 2.13 bits per heavy atom. The van der Waals surface area contributed by atoms with Crippen molar-refractivity contribution in [3.8, 4) is 0 Å². The van der Waals surface area contributed by atoms with Crippen molar-refractivity contribution in [3.05, 3.63) is 0 Å². The van der Waals surface area contributed by atoms with Gasteiger partial charge < -0.3 is 10.5 Å². The van der Waals surface area contributed by atoms with Gasteiger partial charge in [0.2, 0.25) is 0 Å². The van der Waals surface area contributed by atoms with E-state index in [2.05, 4.69) is 4.90 Å².